The van der Waals surface area contributed by atoms with Gasteiger partial charge in [0.15, 0.2) is 0 Å². The van der Waals surface area contributed by atoms with E-state index in [2.05, 4.69) is 5.32 Å². The SMILES string of the molecule is COc1ccccc1CNC(=O)Cn1c(=O)sc2ccccc21. The van der Waals surface area contributed by atoms with Crippen LogP contribution in [0.25, 0.3) is 10.2 Å². The Labute approximate surface area is 137 Å². The van der Waals surface area contributed by atoms with Crippen molar-refractivity contribution in [2.75, 3.05) is 7.11 Å². The molecule has 1 aromatic heterocycles. The Morgan fingerprint density at radius 3 is 2.74 bits per heavy atom. The molecule has 0 spiro atoms. The van der Waals surface area contributed by atoms with Gasteiger partial charge in [0.25, 0.3) is 0 Å². The molecule has 118 valence electrons. The summed E-state index contributed by atoms with van der Waals surface area (Å²) in [6, 6.07) is 15.0. The van der Waals surface area contributed by atoms with Crippen LogP contribution in [0, 0.1) is 0 Å². The van der Waals surface area contributed by atoms with Crippen molar-refractivity contribution in [2.24, 2.45) is 0 Å². The number of thiazole rings is 1. The Morgan fingerprint density at radius 1 is 1.17 bits per heavy atom. The average molecular weight is 328 g/mol. The van der Waals surface area contributed by atoms with Crippen LogP contribution in [0.15, 0.2) is 53.3 Å². The second-order valence-electron chi connectivity index (χ2n) is 5.01. The number of fused-ring (bicyclic) bond motifs is 1. The van der Waals surface area contributed by atoms with Crippen LogP contribution in [0.5, 0.6) is 5.75 Å². The second kappa shape index (κ2) is 6.66. The summed E-state index contributed by atoms with van der Waals surface area (Å²) in [5.41, 5.74) is 1.68. The lowest BCUT2D eigenvalue weighted by molar-refractivity contribution is -0.121. The molecule has 1 heterocycles. The molecule has 2 aromatic carbocycles. The molecule has 0 saturated carbocycles. The average Bonchev–Trinajstić information content (AvgIpc) is 2.89. The lowest BCUT2D eigenvalue weighted by Crippen LogP contribution is -2.30. The lowest BCUT2D eigenvalue weighted by atomic mass is 10.2. The monoisotopic (exact) mass is 328 g/mol. The summed E-state index contributed by atoms with van der Waals surface area (Å²) < 4.78 is 7.64. The van der Waals surface area contributed by atoms with Gasteiger partial charge in [-0.25, -0.2) is 0 Å². The maximum absolute atomic E-state index is 12.2. The van der Waals surface area contributed by atoms with Crippen LogP contribution < -0.4 is 14.9 Å². The quantitative estimate of drug-likeness (QED) is 0.782. The van der Waals surface area contributed by atoms with E-state index in [0.29, 0.717) is 6.54 Å². The van der Waals surface area contributed by atoms with Crippen LogP contribution in [0.4, 0.5) is 0 Å². The third-order valence-electron chi connectivity index (χ3n) is 3.54. The Morgan fingerprint density at radius 2 is 1.91 bits per heavy atom. The molecule has 1 amide bonds. The molecule has 0 aliphatic rings. The van der Waals surface area contributed by atoms with E-state index < -0.39 is 0 Å². The summed E-state index contributed by atoms with van der Waals surface area (Å²) in [5, 5.41) is 2.83. The summed E-state index contributed by atoms with van der Waals surface area (Å²) in [4.78, 5) is 24.1. The summed E-state index contributed by atoms with van der Waals surface area (Å²) in [6.07, 6.45) is 0. The second-order valence-corrected chi connectivity index (χ2v) is 6.00. The predicted molar refractivity (Wildman–Crippen MR) is 90.9 cm³/mol. The number of hydrogen-bond donors (Lipinski definition) is 1. The van der Waals surface area contributed by atoms with Gasteiger partial charge < -0.3 is 10.1 Å². The van der Waals surface area contributed by atoms with Gasteiger partial charge in [-0.3, -0.25) is 14.2 Å². The minimum Gasteiger partial charge on any atom is -0.496 e. The number of nitrogens with one attached hydrogen (secondary N) is 1. The number of carbonyl (C=O) groups is 1. The highest BCUT2D eigenvalue weighted by atomic mass is 32.1. The Bertz CT molecular complexity index is 898. The number of ether oxygens (including phenoxy) is 1. The zero-order chi connectivity index (χ0) is 16.2. The number of para-hydroxylation sites is 2. The van der Waals surface area contributed by atoms with E-state index in [-0.39, 0.29) is 17.3 Å². The van der Waals surface area contributed by atoms with E-state index in [4.69, 9.17) is 4.74 Å². The van der Waals surface area contributed by atoms with E-state index >= 15 is 0 Å². The molecule has 1 N–H and O–H groups in total. The predicted octanol–water partition coefficient (Wildman–Crippen LogP) is 2.39. The molecule has 0 radical (unpaired) electrons. The molecule has 0 aliphatic carbocycles. The van der Waals surface area contributed by atoms with Crippen molar-refractivity contribution < 1.29 is 9.53 Å². The molecule has 3 rings (SSSR count). The van der Waals surface area contributed by atoms with Crippen LogP contribution in [0.3, 0.4) is 0 Å². The first-order chi connectivity index (χ1) is 11.2. The normalized spacial score (nSPS) is 10.7. The summed E-state index contributed by atoms with van der Waals surface area (Å²) in [7, 11) is 1.59. The zero-order valence-corrected chi connectivity index (χ0v) is 13.4. The molecule has 5 nitrogen and oxygen atoms in total. The summed E-state index contributed by atoms with van der Waals surface area (Å²) in [5.74, 6) is 0.521. The van der Waals surface area contributed by atoms with E-state index in [0.717, 1.165) is 32.9 Å². The van der Waals surface area contributed by atoms with Gasteiger partial charge in [0.2, 0.25) is 5.91 Å². The first-order valence-electron chi connectivity index (χ1n) is 7.16. The molecule has 0 bridgehead atoms. The third kappa shape index (κ3) is 3.27. The van der Waals surface area contributed by atoms with E-state index in [1.165, 1.54) is 4.57 Å². The maximum Gasteiger partial charge on any atom is 0.308 e. The topological polar surface area (TPSA) is 60.3 Å². The molecule has 23 heavy (non-hydrogen) atoms. The molecule has 0 fully saturated rings. The fraction of sp³-hybridized carbons (Fsp3) is 0.176. The van der Waals surface area contributed by atoms with Crippen molar-refractivity contribution in [3.05, 3.63) is 63.8 Å². The van der Waals surface area contributed by atoms with Crippen molar-refractivity contribution in [1.82, 2.24) is 9.88 Å². The van der Waals surface area contributed by atoms with Crippen molar-refractivity contribution in [3.63, 3.8) is 0 Å². The number of hydrogen-bond acceptors (Lipinski definition) is 4. The number of aromatic nitrogens is 1. The molecule has 3 aromatic rings. The number of carbonyl (C=O) groups excluding carboxylic acids is 1. The Hall–Kier alpha value is -2.60. The molecule has 6 heteroatoms. The lowest BCUT2D eigenvalue weighted by Gasteiger charge is -2.10. The van der Waals surface area contributed by atoms with Gasteiger partial charge in [-0.1, -0.05) is 41.7 Å². The highest BCUT2D eigenvalue weighted by Crippen LogP contribution is 2.17. The highest BCUT2D eigenvalue weighted by molar-refractivity contribution is 7.16. The molecule has 0 saturated heterocycles. The van der Waals surface area contributed by atoms with Crippen LogP contribution >= 0.6 is 11.3 Å². The van der Waals surface area contributed by atoms with Crippen molar-refractivity contribution in [2.45, 2.75) is 13.1 Å². The molecular formula is C17H16N2O3S. The van der Waals surface area contributed by atoms with E-state index in [1.807, 2.05) is 48.5 Å². The largest absolute Gasteiger partial charge is 0.496 e. The molecule has 0 unspecified atom stereocenters. The van der Waals surface area contributed by atoms with Crippen molar-refractivity contribution in [3.8, 4) is 5.75 Å². The smallest absolute Gasteiger partial charge is 0.308 e. The minimum absolute atomic E-state index is 0.0119. The van der Waals surface area contributed by atoms with Crippen LogP contribution in [0.1, 0.15) is 5.56 Å². The zero-order valence-electron chi connectivity index (χ0n) is 12.6. The Balaban J connectivity index is 1.72. The number of methoxy groups -OCH3 is 1. The van der Waals surface area contributed by atoms with Gasteiger partial charge in [-0.05, 0) is 18.2 Å². The molecular weight excluding hydrogens is 312 g/mol. The van der Waals surface area contributed by atoms with Gasteiger partial charge in [0, 0.05) is 12.1 Å². The van der Waals surface area contributed by atoms with Gasteiger partial charge in [-0.2, -0.15) is 0 Å². The number of rotatable bonds is 5. The Kier molecular flexibility index (Phi) is 4.43. The van der Waals surface area contributed by atoms with Crippen LogP contribution in [-0.2, 0) is 17.9 Å². The number of amides is 1. The summed E-state index contributed by atoms with van der Waals surface area (Å²) in [6.45, 7) is 0.373. The fourth-order valence-electron chi connectivity index (χ4n) is 2.41. The number of nitrogens with zero attached hydrogens (tertiary/aromatic N) is 1. The number of benzene rings is 2. The van der Waals surface area contributed by atoms with Crippen molar-refractivity contribution >= 4 is 27.5 Å². The van der Waals surface area contributed by atoms with E-state index in [9.17, 15) is 9.59 Å². The third-order valence-corrected chi connectivity index (χ3v) is 4.50. The van der Waals surface area contributed by atoms with Gasteiger partial charge in [-0.15, -0.1) is 0 Å². The van der Waals surface area contributed by atoms with Crippen LogP contribution in [0.2, 0.25) is 0 Å². The van der Waals surface area contributed by atoms with Crippen molar-refractivity contribution in [1.29, 1.82) is 0 Å². The summed E-state index contributed by atoms with van der Waals surface area (Å²) >= 11 is 1.15. The highest BCUT2D eigenvalue weighted by Gasteiger charge is 2.11. The molecule has 0 atom stereocenters. The first-order valence-corrected chi connectivity index (χ1v) is 7.97. The first kappa shape index (κ1) is 15.3. The minimum atomic E-state index is -0.207. The maximum atomic E-state index is 12.2. The van der Waals surface area contributed by atoms with Gasteiger partial charge >= 0.3 is 4.87 Å². The van der Waals surface area contributed by atoms with Crippen LogP contribution in [-0.4, -0.2) is 17.6 Å². The molecule has 0 aliphatic heterocycles. The van der Waals surface area contributed by atoms with Gasteiger partial charge in [0.1, 0.15) is 12.3 Å². The van der Waals surface area contributed by atoms with Gasteiger partial charge in [0.05, 0.1) is 17.3 Å². The standard InChI is InChI=1S/C17H16N2O3S/c1-22-14-8-4-2-6-12(14)10-18-16(20)11-19-13-7-3-5-9-15(13)23-17(19)21/h2-9H,10-11H2,1H3,(H,18,20). The fourth-order valence-corrected chi connectivity index (χ4v) is 3.30. The van der Waals surface area contributed by atoms with E-state index in [1.54, 1.807) is 7.11 Å².